The fourth-order valence-electron chi connectivity index (χ4n) is 2.25. The number of nitrogens with two attached hydrogens (primary N) is 1. The van der Waals surface area contributed by atoms with Crippen molar-refractivity contribution >= 4 is 23.2 Å². The molecule has 1 aliphatic heterocycles. The van der Waals surface area contributed by atoms with Crippen molar-refractivity contribution < 1.29 is 19.1 Å². The zero-order valence-corrected chi connectivity index (χ0v) is 14.0. The van der Waals surface area contributed by atoms with Crippen LogP contribution in [0.4, 0.5) is 11.4 Å². The summed E-state index contributed by atoms with van der Waals surface area (Å²) in [4.78, 5) is 24.0. The Labute approximate surface area is 149 Å². The highest BCUT2D eigenvalue weighted by Gasteiger charge is 2.13. The predicted molar refractivity (Wildman–Crippen MR) is 96.4 cm³/mol. The van der Waals surface area contributed by atoms with Crippen molar-refractivity contribution in [2.45, 2.75) is 6.92 Å². The van der Waals surface area contributed by atoms with Crippen molar-refractivity contribution in [3.05, 3.63) is 59.8 Å². The van der Waals surface area contributed by atoms with Crippen LogP contribution >= 0.6 is 0 Å². The van der Waals surface area contributed by atoms with Crippen LogP contribution in [0.25, 0.3) is 0 Å². The minimum Gasteiger partial charge on any atom is -0.454 e. The van der Waals surface area contributed by atoms with Crippen molar-refractivity contribution in [3.8, 4) is 11.5 Å². The van der Waals surface area contributed by atoms with Gasteiger partial charge in [0.15, 0.2) is 11.5 Å². The van der Waals surface area contributed by atoms with E-state index in [4.69, 9.17) is 15.2 Å². The van der Waals surface area contributed by atoms with Gasteiger partial charge in [0.2, 0.25) is 12.7 Å². The number of hydrogen-bond acceptors (Lipinski definition) is 6. The van der Waals surface area contributed by atoms with Gasteiger partial charge < -0.3 is 25.9 Å². The van der Waals surface area contributed by atoms with Gasteiger partial charge >= 0.3 is 0 Å². The first kappa shape index (κ1) is 17.2. The van der Waals surface area contributed by atoms with Gasteiger partial charge in [0.1, 0.15) is 0 Å². The van der Waals surface area contributed by atoms with Crippen LogP contribution in [0.15, 0.2) is 54.2 Å². The Morgan fingerprint density at radius 2 is 1.77 bits per heavy atom. The summed E-state index contributed by atoms with van der Waals surface area (Å²) in [5.41, 5.74) is 12.8. The molecular formula is C18H18N4O4. The van der Waals surface area contributed by atoms with E-state index < -0.39 is 0 Å². The Hall–Kier alpha value is -3.68. The first-order chi connectivity index (χ1) is 12.5. The molecule has 0 saturated heterocycles. The maximum Gasteiger partial charge on any atom is 0.269 e. The first-order valence-corrected chi connectivity index (χ1v) is 7.82. The molecule has 1 heterocycles. The number of nitrogen functional groups attached to an aromatic ring is 1. The summed E-state index contributed by atoms with van der Waals surface area (Å²) < 4.78 is 10.5. The molecule has 8 heteroatoms. The van der Waals surface area contributed by atoms with Gasteiger partial charge in [0.25, 0.3) is 5.91 Å². The fraction of sp³-hybridized carbons (Fsp3) is 0.111. The first-order valence-electron chi connectivity index (χ1n) is 7.82. The van der Waals surface area contributed by atoms with Crippen molar-refractivity contribution in [1.29, 1.82) is 0 Å². The third-order valence-corrected chi connectivity index (χ3v) is 3.53. The van der Waals surface area contributed by atoms with E-state index in [2.05, 4.69) is 16.2 Å². The van der Waals surface area contributed by atoms with Crippen LogP contribution in [0.2, 0.25) is 0 Å². The molecule has 3 rings (SSSR count). The van der Waals surface area contributed by atoms with Crippen LogP contribution in [-0.4, -0.2) is 18.6 Å². The second kappa shape index (κ2) is 7.47. The molecule has 0 fully saturated rings. The Balaban J connectivity index is 1.53. The molecule has 0 aliphatic carbocycles. The normalized spacial score (nSPS) is 12.4. The Kier molecular flexibility index (Phi) is 4.93. The molecular weight excluding hydrogens is 336 g/mol. The van der Waals surface area contributed by atoms with E-state index in [-0.39, 0.29) is 18.6 Å². The van der Waals surface area contributed by atoms with Gasteiger partial charge in [-0.05, 0) is 43.3 Å². The van der Waals surface area contributed by atoms with Gasteiger partial charge in [-0.15, -0.1) is 0 Å². The van der Waals surface area contributed by atoms with E-state index in [1.165, 1.54) is 6.08 Å². The fourth-order valence-corrected chi connectivity index (χ4v) is 2.25. The van der Waals surface area contributed by atoms with E-state index in [0.717, 1.165) is 0 Å². The van der Waals surface area contributed by atoms with E-state index in [9.17, 15) is 9.59 Å². The summed E-state index contributed by atoms with van der Waals surface area (Å²) >= 11 is 0. The van der Waals surface area contributed by atoms with Gasteiger partial charge in [0.05, 0.1) is 0 Å². The predicted octanol–water partition coefficient (Wildman–Crippen LogP) is 1.77. The Morgan fingerprint density at radius 1 is 1.04 bits per heavy atom. The molecule has 8 nitrogen and oxygen atoms in total. The number of amides is 2. The quantitative estimate of drug-likeness (QED) is 0.370. The van der Waals surface area contributed by atoms with Crippen molar-refractivity contribution in [1.82, 2.24) is 10.9 Å². The molecule has 0 spiro atoms. The Morgan fingerprint density at radius 3 is 2.54 bits per heavy atom. The number of ether oxygens (including phenoxy) is 2. The third kappa shape index (κ3) is 4.23. The molecule has 134 valence electrons. The molecule has 0 saturated carbocycles. The summed E-state index contributed by atoms with van der Waals surface area (Å²) in [5, 5.41) is 2.71. The smallest absolute Gasteiger partial charge is 0.269 e. The molecule has 2 aromatic rings. The van der Waals surface area contributed by atoms with Crippen LogP contribution in [0, 0.1) is 0 Å². The van der Waals surface area contributed by atoms with E-state index >= 15 is 0 Å². The summed E-state index contributed by atoms with van der Waals surface area (Å²) in [6.45, 7) is 1.83. The topological polar surface area (TPSA) is 115 Å². The maximum atomic E-state index is 12.0. The van der Waals surface area contributed by atoms with Gasteiger partial charge in [-0.2, -0.15) is 0 Å². The lowest BCUT2D eigenvalue weighted by molar-refractivity contribution is -0.112. The lowest BCUT2D eigenvalue weighted by Crippen LogP contribution is -2.36. The number of hydrogen-bond donors (Lipinski definition) is 4. The number of allylic oxidation sites excluding steroid dienone is 1. The number of carbonyl (C=O) groups is 2. The average molecular weight is 354 g/mol. The van der Waals surface area contributed by atoms with Crippen LogP contribution in [-0.2, 0) is 4.79 Å². The lowest BCUT2D eigenvalue weighted by atomic mass is 10.2. The van der Waals surface area contributed by atoms with Crippen molar-refractivity contribution in [2.24, 2.45) is 0 Å². The van der Waals surface area contributed by atoms with Crippen molar-refractivity contribution in [3.63, 3.8) is 0 Å². The molecule has 1 aliphatic rings. The molecule has 5 N–H and O–H groups in total. The standard InChI is InChI=1S/C18H18N4O4/c1-11(21-22-18(24)12-2-4-13(19)5-3-12)8-17(23)20-14-6-7-15-16(9-14)26-10-25-15/h2-9,21H,10,19H2,1H3,(H,20,23)(H,22,24). The second-order valence-corrected chi connectivity index (χ2v) is 5.59. The van der Waals surface area contributed by atoms with Gasteiger partial charge in [0, 0.05) is 34.8 Å². The lowest BCUT2D eigenvalue weighted by Gasteiger charge is -2.09. The maximum absolute atomic E-state index is 12.0. The summed E-state index contributed by atoms with van der Waals surface area (Å²) in [7, 11) is 0. The highest BCUT2D eigenvalue weighted by molar-refractivity contribution is 6.00. The van der Waals surface area contributed by atoms with E-state index in [1.807, 2.05) is 0 Å². The number of fused-ring (bicyclic) bond motifs is 1. The van der Waals surface area contributed by atoms with Crippen LogP contribution in [0.5, 0.6) is 11.5 Å². The van der Waals surface area contributed by atoms with Crippen LogP contribution in [0.3, 0.4) is 0 Å². The number of carbonyl (C=O) groups excluding carboxylic acids is 2. The zero-order chi connectivity index (χ0) is 18.5. The molecule has 0 radical (unpaired) electrons. The summed E-state index contributed by atoms with van der Waals surface area (Å²) in [6.07, 6.45) is 1.33. The molecule has 0 aromatic heterocycles. The molecule has 2 aromatic carbocycles. The van der Waals surface area contributed by atoms with Crippen LogP contribution in [0.1, 0.15) is 17.3 Å². The number of benzene rings is 2. The van der Waals surface area contributed by atoms with E-state index in [0.29, 0.717) is 34.1 Å². The second-order valence-electron chi connectivity index (χ2n) is 5.59. The molecule has 26 heavy (non-hydrogen) atoms. The van der Waals surface area contributed by atoms with Gasteiger partial charge in [-0.1, -0.05) is 0 Å². The molecule has 0 bridgehead atoms. The zero-order valence-electron chi connectivity index (χ0n) is 14.0. The number of nitrogens with one attached hydrogen (secondary N) is 3. The minimum atomic E-state index is -0.351. The number of anilines is 2. The SMILES string of the molecule is CC(=CC(=O)Nc1ccc2c(c1)OCO2)NNC(=O)c1ccc(N)cc1. The highest BCUT2D eigenvalue weighted by Crippen LogP contribution is 2.34. The van der Waals surface area contributed by atoms with E-state index in [1.54, 1.807) is 49.4 Å². The summed E-state index contributed by atoms with van der Waals surface area (Å²) in [6, 6.07) is 11.6. The summed E-state index contributed by atoms with van der Waals surface area (Å²) in [5.74, 6) is 0.531. The Bertz CT molecular complexity index is 862. The average Bonchev–Trinajstić information content (AvgIpc) is 3.08. The number of hydrazine groups is 1. The monoisotopic (exact) mass is 354 g/mol. The van der Waals surface area contributed by atoms with Crippen LogP contribution < -0.4 is 31.4 Å². The van der Waals surface area contributed by atoms with Gasteiger partial charge in [-0.3, -0.25) is 15.0 Å². The van der Waals surface area contributed by atoms with Gasteiger partial charge in [-0.25, -0.2) is 0 Å². The molecule has 0 atom stereocenters. The molecule has 2 amide bonds. The third-order valence-electron chi connectivity index (χ3n) is 3.53. The highest BCUT2D eigenvalue weighted by atomic mass is 16.7. The largest absolute Gasteiger partial charge is 0.454 e. The molecule has 0 unspecified atom stereocenters. The van der Waals surface area contributed by atoms with Crippen molar-refractivity contribution in [2.75, 3.05) is 17.8 Å². The minimum absolute atomic E-state index is 0.170. The number of rotatable bonds is 5.